The second-order valence-electron chi connectivity index (χ2n) is 5.53. The fraction of sp³-hybridized carbons (Fsp3) is 0.562. The van der Waals surface area contributed by atoms with Crippen molar-refractivity contribution in [1.82, 2.24) is 10.2 Å². The van der Waals surface area contributed by atoms with E-state index in [1.54, 1.807) is 12.1 Å². The maximum Gasteiger partial charge on any atom is 0.335 e. The van der Waals surface area contributed by atoms with Gasteiger partial charge in [-0.2, -0.15) is 0 Å². The maximum atomic E-state index is 11.0. The van der Waals surface area contributed by atoms with E-state index < -0.39 is 5.97 Å². The number of carbonyl (C=O) groups is 1. The average Bonchev–Trinajstić information content (AvgIpc) is 2.46. The molecule has 4 heteroatoms. The summed E-state index contributed by atoms with van der Waals surface area (Å²) in [4.78, 5) is 13.4. The molecule has 0 spiro atoms. The van der Waals surface area contributed by atoms with E-state index in [1.807, 2.05) is 12.1 Å². The zero-order chi connectivity index (χ0) is 14.4. The smallest absolute Gasteiger partial charge is 0.335 e. The van der Waals surface area contributed by atoms with Crippen LogP contribution in [-0.2, 0) is 6.54 Å². The first-order valence-electron chi connectivity index (χ1n) is 7.47. The van der Waals surface area contributed by atoms with Crippen LogP contribution in [0.2, 0.25) is 0 Å². The standard InChI is InChI=1S/C16H24N2O2/c1-2-3-7-15-12-18(9-8-17-15)11-13-5-4-6-14(10-13)16(19)20/h4-6,10,15,17H,2-3,7-9,11-12H2,1H3,(H,19,20). The van der Waals surface area contributed by atoms with Gasteiger partial charge in [-0.3, -0.25) is 4.90 Å². The summed E-state index contributed by atoms with van der Waals surface area (Å²) in [5.74, 6) is -0.854. The van der Waals surface area contributed by atoms with Crippen LogP contribution in [0, 0.1) is 0 Å². The number of carboxylic acids is 1. The molecule has 1 aliphatic heterocycles. The highest BCUT2D eigenvalue weighted by Crippen LogP contribution is 2.12. The SMILES string of the molecule is CCCCC1CN(Cc2cccc(C(=O)O)c2)CCN1. The Bertz CT molecular complexity index is 448. The summed E-state index contributed by atoms with van der Waals surface area (Å²) in [5, 5.41) is 12.6. The number of piperazine rings is 1. The minimum absolute atomic E-state index is 0.375. The van der Waals surface area contributed by atoms with Crippen molar-refractivity contribution in [2.45, 2.75) is 38.8 Å². The zero-order valence-electron chi connectivity index (χ0n) is 12.1. The first-order chi connectivity index (χ1) is 9.69. The molecule has 1 aromatic rings. The van der Waals surface area contributed by atoms with E-state index in [0.717, 1.165) is 31.7 Å². The van der Waals surface area contributed by atoms with Crippen molar-refractivity contribution < 1.29 is 9.90 Å². The van der Waals surface area contributed by atoms with Gasteiger partial charge in [0, 0.05) is 32.2 Å². The molecule has 1 heterocycles. The van der Waals surface area contributed by atoms with Gasteiger partial charge in [0.1, 0.15) is 0 Å². The normalized spacial score (nSPS) is 19.9. The van der Waals surface area contributed by atoms with Crippen LogP contribution < -0.4 is 5.32 Å². The predicted octanol–water partition coefficient (Wildman–Crippen LogP) is 2.35. The molecular formula is C16H24N2O2. The minimum atomic E-state index is -0.854. The Morgan fingerprint density at radius 2 is 2.35 bits per heavy atom. The van der Waals surface area contributed by atoms with Gasteiger partial charge in [0.25, 0.3) is 0 Å². The van der Waals surface area contributed by atoms with Crippen LogP contribution in [0.25, 0.3) is 0 Å². The molecule has 2 N–H and O–H groups in total. The van der Waals surface area contributed by atoms with Crippen molar-refractivity contribution >= 4 is 5.97 Å². The Hall–Kier alpha value is -1.39. The molecule has 1 aromatic carbocycles. The highest BCUT2D eigenvalue weighted by atomic mass is 16.4. The molecule has 110 valence electrons. The Morgan fingerprint density at radius 1 is 1.50 bits per heavy atom. The quantitative estimate of drug-likeness (QED) is 0.837. The number of rotatable bonds is 6. The summed E-state index contributed by atoms with van der Waals surface area (Å²) in [6, 6.07) is 7.84. The summed E-state index contributed by atoms with van der Waals surface area (Å²) in [6.45, 7) is 6.16. The second-order valence-corrected chi connectivity index (χ2v) is 5.53. The maximum absolute atomic E-state index is 11.0. The lowest BCUT2D eigenvalue weighted by Gasteiger charge is -2.33. The minimum Gasteiger partial charge on any atom is -0.478 e. The topological polar surface area (TPSA) is 52.6 Å². The predicted molar refractivity (Wildman–Crippen MR) is 80.0 cm³/mol. The molecular weight excluding hydrogens is 252 g/mol. The van der Waals surface area contributed by atoms with Crippen LogP contribution in [0.1, 0.15) is 42.1 Å². The number of aromatic carboxylic acids is 1. The Labute approximate surface area is 120 Å². The lowest BCUT2D eigenvalue weighted by atomic mass is 10.1. The van der Waals surface area contributed by atoms with Gasteiger partial charge in [-0.05, 0) is 24.1 Å². The molecule has 2 rings (SSSR count). The monoisotopic (exact) mass is 276 g/mol. The van der Waals surface area contributed by atoms with E-state index >= 15 is 0 Å². The average molecular weight is 276 g/mol. The molecule has 1 atom stereocenters. The molecule has 4 nitrogen and oxygen atoms in total. The van der Waals surface area contributed by atoms with Gasteiger partial charge in [-0.1, -0.05) is 31.9 Å². The zero-order valence-corrected chi connectivity index (χ0v) is 12.1. The molecule has 0 aromatic heterocycles. The highest BCUT2D eigenvalue weighted by Gasteiger charge is 2.18. The lowest BCUT2D eigenvalue weighted by molar-refractivity contribution is 0.0696. The number of hydrogen-bond donors (Lipinski definition) is 2. The van der Waals surface area contributed by atoms with Gasteiger partial charge in [0.15, 0.2) is 0 Å². The molecule has 0 aliphatic carbocycles. The third-order valence-corrected chi connectivity index (χ3v) is 3.83. The fourth-order valence-electron chi connectivity index (χ4n) is 2.74. The summed E-state index contributed by atoms with van der Waals surface area (Å²) in [5.41, 5.74) is 1.46. The molecule has 1 aliphatic rings. The van der Waals surface area contributed by atoms with Gasteiger partial charge in [0.05, 0.1) is 5.56 Å². The second kappa shape index (κ2) is 7.41. The van der Waals surface area contributed by atoms with Crippen LogP contribution in [0.5, 0.6) is 0 Å². The summed E-state index contributed by atoms with van der Waals surface area (Å²) in [6.07, 6.45) is 3.72. The molecule has 0 saturated carbocycles. The van der Waals surface area contributed by atoms with Crippen molar-refractivity contribution in [2.24, 2.45) is 0 Å². The largest absolute Gasteiger partial charge is 0.478 e. The lowest BCUT2D eigenvalue weighted by Crippen LogP contribution is -2.50. The van der Waals surface area contributed by atoms with Gasteiger partial charge in [-0.25, -0.2) is 4.79 Å². The van der Waals surface area contributed by atoms with Crippen molar-refractivity contribution in [3.8, 4) is 0 Å². The number of benzene rings is 1. The van der Waals surface area contributed by atoms with Crippen LogP contribution in [0.4, 0.5) is 0 Å². The van der Waals surface area contributed by atoms with Gasteiger partial charge in [0.2, 0.25) is 0 Å². The fourth-order valence-corrected chi connectivity index (χ4v) is 2.74. The summed E-state index contributed by atoms with van der Waals surface area (Å²) in [7, 11) is 0. The van der Waals surface area contributed by atoms with Crippen LogP contribution >= 0.6 is 0 Å². The first-order valence-corrected chi connectivity index (χ1v) is 7.47. The van der Waals surface area contributed by atoms with E-state index in [2.05, 4.69) is 17.1 Å². The third-order valence-electron chi connectivity index (χ3n) is 3.83. The number of hydrogen-bond acceptors (Lipinski definition) is 3. The van der Waals surface area contributed by atoms with Gasteiger partial charge >= 0.3 is 5.97 Å². The van der Waals surface area contributed by atoms with Crippen LogP contribution in [0.3, 0.4) is 0 Å². The van der Waals surface area contributed by atoms with E-state index in [4.69, 9.17) is 5.11 Å². The van der Waals surface area contributed by atoms with Crippen molar-refractivity contribution in [1.29, 1.82) is 0 Å². The highest BCUT2D eigenvalue weighted by molar-refractivity contribution is 5.87. The van der Waals surface area contributed by atoms with Gasteiger partial charge < -0.3 is 10.4 Å². The molecule has 1 saturated heterocycles. The number of carboxylic acid groups (broad SMARTS) is 1. The molecule has 0 bridgehead atoms. The number of nitrogens with one attached hydrogen (secondary N) is 1. The molecule has 0 radical (unpaired) electrons. The Balaban J connectivity index is 1.92. The van der Waals surface area contributed by atoms with Crippen molar-refractivity contribution in [2.75, 3.05) is 19.6 Å². The summed E-state index contributed by atoms with van der Waals surface area (Å²) >= 11 is 0. The molecule has 0 amide bonds. The van der Waals surface area contributed by atoms with Crippen LogP contribution in [0.15, 0.2) is 24.3 Å². The van der Waals surface area contributed by atoms with E-state index in [0.29, 0.717) is 11.6 Å². The van der Waals surface area contributed by atoms with Crippen molar-refractivity contribution in [3.63, 3.8) is 0 Å². The summed E-state index contributed by atoms with van der Waals surface area (Å²) < 4.78 is 0. The molecule has 1 unspecified atom stereocenters. The Morgan fingerprint density at radius 3 is 3.10 bits per heavy atom. The Kier molecular flexibility index (Phi) is 5.56. The molecule has 20 heavy (non-hydrogen) atoms. The third kappa shape index (κ3) is 4.32. The van der Waals surface area contributed by atoms with Gasteiger partial charge in [-0.15, -0.1) is 0 Å². The van der Waals surface area contributed by atoms with E-state index in [-0.39, 0.29) is 0 Å². The number of unbranched alkanes of at least 4 members (excludes halogenated alkanes) is 1. The van der Waals surface area contributed by atoms with E-state index in [9.17, 15) is 4.79 Å². The van der Waals surface area contributed by atoms with Crippen LogP contribution in [-0.4, -0.2) is 41.7 Å². The van der Waals surface area contributed by atoms with E-state index in [1.165, 1.54) is 19.3 Å². The van der Waals surface area contributed by atoms with Crippen molar-refractivity contribution in [3.05, 3.63) is 35.4 Å². The number of nitrogens with zero attached hydrogens (tertiary/aromatic N) is 1. The molecule has 1 fully saturated rings. The first kappa shape index (κ1) is 15.0.